The summed E-state index contributed by atoms with van der Waals surface area (Å²) < 4.78 is 5.04. The fraction of sp³-hybridized carbons (Fsp3) is 0.417. The first-order valence-corrected chi connectivity index (χ1v) is 5.52. The van der Waals surface area contributed by atoms with Gasteiger partial charge in [0.2, 0.25) is 5.91 Å². The number of benzene rings is 1. The Morgan fingerprint density at radius 2 is 2.19 bits per heavy atom. The molecule has 88 valence electrons. The normalized spacial score (nSPS) is 10.3. The van der Waals surface area contributed by atoms with Crippen molar-refractivity contribution in [2.75, 3.05) is 7.11 Å². The van der Waals surface area contributed by atoms with Crippen LogP contribution in [0.25, 0.3) is 0 Å². The number of hydrogen-bond donors (Lipinski definition) is 1. The lowest BCUT2D eigenvalue weighted by atomic mass is 10.1. The molecule has 1 rings (SSSR count). The summed E-state index contributed by atoms with van der Waals surface area (Å²) in [6.07, 6.45) is 0.335. The summed E-state index contributed by atoms with van der Waals surface area (Å²) in [7, 11) is 1.56. The van der Waals surface area contributed by atoms with E-state index in [-0.39, 0.29) is 11.9 Å². The van der Waals surface area contributed by atoms with Gasteiger partial charge in [-0.1, -0.05) is 17.7 Å². The molecule has 0 bridgehead atoms. The lowest BCUT2D eigenvalue weighted by Gasteiger charge is -2.09. The molecule has 0 aliphatic carbocycles. The van der Waals surface area contributed by atoms with Crippen LogP contribution in [-0.2, 0) is 11.2 Å². The number of nitrogens with one attached hydrogen (secondary N) is 1. The molecule has 16 heavy (non-hydrogen) atoms. The lowest BCUT2D eigenvalue weighted by Crippen LogP contribution is -2.31. The molecule has 0 spiro atoms. The van der Waals surface area contributed by atoms with Gasteiger partial charge in [0.1, 0.15) is 5.75 Å². The van der Waals surface area contributed by atoms with Gasteiger partial charge in [-0.2, -0.15) is 0 Å². The molecule has 0 aliphatic heterocycles. The first-order chi connectivity index (χ1) is 7.52. The third kappa shape index (κ3) is 3.74. The van der Waals surface area contributed by atoms with E-state index in [1.165, 1.54) is 0 Å². The SMILES string of the molecule is COc1ccc(CC(=O)NC(C)C)cc1Cl. The Balaban J connectivity index is 2.68. The molecule has 0 aliphatic rings. The van der Waals surface area contributed by atoms with Gasteiger partial charge in [0.25, 0.3) is 0 Å². The molecule has 0 aromatic heterocycles. The second-order valence-electron chi connectivity index (χ2n) is 3.87. The van der Waals surface area contributed by atoms with Crippen molar-refractivity contribution in [3.63, 3.8) is 0 Å². The molecule has 0 radical (unpaired) electrons. The average Bonchev–Trinajstić information content (AvgIpc) is 2.16. The summed E-state index contributed by atoms with van der Waals surface area (Å²) in [5, 5.41) is 3.35. The molecule has 1 amide bonds. The van der Waals surface area contributed by atoms with Crippen LogP contribution in [-0.4, -0.2) is 19.1 Å². The van der Waals surface area contributed by atoms with Gasteiger partial charge in [0.15, 0.2) is 0 Å². The fourth-order valence-electron chi connectivity index (χ4n) is 1.38. The highest BCUT2D eigenvalue weighted by atomic mass is 35.5. The summed E-state index contributed by atoms with van der Waals surface area (Å²) in [5.74, 6) is 0.617. The average molecular weight is 242 g/mol. The van der Waals surface area contributed by atoms with E-state index < -0.39 is 0 Å². The zero-order chi connectivity index (χ0) is 12.1. The molecule has 0 fully saturated rings. The maximum atomic E-state index is 11.5. The molecule has 0 unspecified atom stereocenters. The van der Waals surface area contributed by atoms with E-state index >= 15 is 0 Å². The lowest BCUT2D eigenvalue weighted by molar-refractivity contribution is -0.120. The van der Waals surface area contributed by atoms with Gasteiger partial charge in [-0.25, -0.2) is 0 Å². The molecule has 0 heterocycles. The van der Waals surface area contributed by atoms with Crippen LogP contribution < -0.4 is 10.1 Å². The van der Waals surface area contributed by atoms with Crippen molar-refractivity contribution >= 4 is 17.5 Å². The quantitative estimate of drug-likeness (QED) is 0.879. The van der Waals surface area contributed by atoms with E-state index in [9.17, 15) is 4.79 Å². The Morgan fingerprint density at radius 1 is 1.50 bits per heavy atom. The Bertz CT molecular complexity index is 377. The van der Waals surface area contributed by atoms with Crippen molar-refractivity contribution in [2.45, 2.75) is 26.3 Å². The molecule has 4 heteroatoms. The van der Waals surface area contributed by atoms with Crippen LogP contribution in [0, 0.1) is 0 Å². The number of carbonyl (C=O) groups is 1. The fourth-order valence-corrected chi connectivity index (χ4v) is 1.66. The largest absolute Gasteiger partial charge is 0.495 e. The van der Waals surface area contributed by atoms with Gasteiger partial charge < -0.3 is 10.1 Å². The molecule has 3 nitrogen and oxygen atoms in total. The van der Waals surface area contributed by atoms with Gasteiger partial charge in [0, 0.05) is 6.04 Å². The monoisotopic (exact) mass is 241 g/mol. The summed E-state index contributed by atoms with van der Waals surface area (Å²) in [6.45, 7) is 3.86. The minimum atomic E-state index is -0.00349. The van der Waals surface area contributed by atoms with Crippen LogP contribution in [0.15, 0.2) is 18.2 Å². The third-order valence-electron chi connectivity index (χ3n) is 2.03. The number of hydrogen-bond acceptors (Lipinski definition) is 2. The van der Waals surface area contributed by atoms with Crippen molar-refractivity contribution < 1.29 is 9.53 Å². The zero-order valence-corrected chi connectivity index (χ0v) is 10.5. The van der Waals surface area contributed by atoms with E-state index in [4.69, 9.17) is 16.3 Å². The molecular weight excluding hydrogens is 226 g/mol. The second kappa shape index (κ2) is 5.75. The molecule has 1 aromatic rings. The smallest absolute Gasteiger partial charge is 0.224 e. The Labute approximate surface area is 101 Å². The number of carbonyl (C=O) groups excluding carboxylic acids is 1. The Hall–Kier alpha value is -1.22. The van der Waals surface area contributed by atoms with Gasteiger partial charge in [-0.15, -0.1) is 0 Å². The van der Waals surface area contributed by atoms with E-state index in [1.807, 2.05) is 19.9 Å². The van der Waals surface area contributed by atoms with E-state index in [0.29, 0.717) is 17.2 Å². The van der Waals surface area contributed by atoms with Gasteiger partial charge in [0.05, 0.1) is 18.6 Å². The molecular formula is C12H16ClNO2. The van der Waals surface area contributed by atoms with Gasteiger partial charge in [-0.05, 0) is 31.5 Å². The van der Waals surface area contributed by atoms with Crippen molar-refractivity contribution in [3.05, 3.63) is 28.8 Å². The Kier molecular flexibility index (Phi) is 4.62. The van der Waals surface area contributed by atoms with Gasteiger partial charge >= 0.3 is 0 Å². The summed E-state index contributed by atoms with van der Waals surface area (Å²) in [6, 6.07) is 5.51. The molecule has 0 saturated heterocycles. The summed E-state index contributed by atoms with van der Waals surface area (Å²) >= 11 is 5.96. The molecule has 0 atom stereocenters. The minimum Gasteiger partial charge on any atom is -0.495 e. The van der Waals surface area contributed by atoms with Crippen molar-refractivity contribution in [2.24, 2.45) is 0 Å². The van der Waals surface area contributed by atoms with E-state index in [2.05, 4.69) is 5.32 Å². The van der Waals surface area contributed by atoms with Crippen LogP contribution in [0.3, 0.4) is 0 Å². The standard InChI is InChI=1S/C12H16ClNO2/c1-8(2)14-12(15)7-9-4-5-11(16-3)10(13)6-9/h4-6,8H,7H2,1-3H3,(H,14,15). The van der Waals surface area contributed by atoms with Crippen LogP contribution in [0.4, 0.5) is 0 Å². The van der Waals surface area contributed by atoms with Crippen molar-refractivity contribution in [1.29, 1.82) is 0 Å². The van der Waals surface area contributed by atoms with Crippen molar-refractivity contribution in [3.8, 4) is 5.75 Å². The highest BCUT2D eigenvalue weighted by Crippen LogP contribution is 2.24. The molecule has 0 saturated carbocycles. The Morgan fingerprint density at radius 3 is 2.69 bits per heavy atom. The van der Waals surface area contributed by atoms with Crippen LogP contribution in [0.5, 0.6) is 5.75 Å². The first kappa shape index (κ1) is 12.8. The summed E-state index contributed by atoms with van der Waals surface area (Å²) in [5.41, 5.74) is 0.879. The number of halogens is 1. The minimum absolute atomic E-state index is 0.00349. The third-order valence-corrected chi connectivity index (χ3v) is 2.33. The van der Waals surface area contributed by atoms with Crippen molar-refractivity contribution in [1.82, 2.24) is 5.32 Å². The predicted molar refractivity (Wildman–Crippen MR) is 65.0 cm³/mol. The second-order valence-corrected chi connectivity index (χ2v) is 4.28. The number of methoxy groups -OCH3 is 1. The van der Waals surface area contributed by atoms with E-state index in [1.54, 1.807) is 19.2 Å². The maximum Gasteiger partial charge on any atom is 0.224 e. The van der Waals surface area contributed by atoms with Crippen LogP contribution in [0.1, 0.15) is 19.4 Å². The zero-order valence-electron chi connectivity index (χ0n) is 9.71. The van der Waals surface area contributed by atoms with Gasteiger partial charge in [-0.3, -0.25) is 4.79 Å². The number of ether oxygens (including phenoxy) is 1. The first-order valence-electron chi connectivity index (χ1n) is 5.14. The highest BCUT2D eigenvalue weighted by molar-refractivity contribution is 6.32. The van der Waals surface area contributed by atoms with Crippen LogP contribution in [0.2, 0.25) is 5.02 Å². The molecule has 1 N–H and O–H groups in total. The maximum absolute atomic E-state index is 11.5. The van der Waals surface area contributed by atoms with E-state index in [0.717, 1.165) is 5.56 Å². The molecule has 1 aromatic carbocycles. The number of amides is 1. The highest BCUT2D eigenvalue weighted by Gasteiger charge is 2.07. The topological polar surface area (TPSA) is 38.3 Å². The van der Waals surface area contributed by atoms with Crippen LogP contribution >= 0.6 is 11.6 Å². The summed E-state index contributed by atoms with van der Waals surface area (Å²) in [4.78, 5) is 11.5. The predicted octanol–water partition coefficient (Wildman–Crippen LogP) is 2.42. The number of rotatable bonds is 4.